The number of hydrogen-bond donors (Lipinski definition) is 3. The topological polar surface area (TPSA) is 144 Å². The van der Waals surface area contributed by atoms with Crippen molar-refractivity contribution in [2.75, 3.05) is 10.3 Å². The van der Waals surface area contributed by atoms with Gasteiger partial charge in [0, 0.05) is 5.92 Å². The van der Waals surface area contributed by atoms with Gasteiger partial charge in [-0.05, 0) is 79.3 Å². The number of aromatic carboxylic acids is 1. The number of phenols is 1. The summed E-state index contributed by atoms with van der Waals surface area (Å²) in [5, 5.41) is 20.8. The minimum atomic E-state index is -1.59. The quantitative estimate of drug-likeness (QED) is 0.173. The van der Waals surface area contributed by atoms with Crippen LogP contribution in [0.1, 0.15) is 45.8 Å². The van der Waals surface area contributed by atoms with Crippen molar-refractivity contribution in [1.29, 1.82) is 0 Å². The number of rotatable bonds is 6. The molecule has 2 saturated heterocycles. The minimum Gasteiger partial charge on any atom is -0.505 e. The van der Waals surface area contributed by atoms with E-state index in [0.29, 0.717) is 22.4 Å². The van der Waals surface area contributed by atoms with E-state index in [2.05, 4.69) is 5.43 Å². The molecule has 256 valence electrons. The lowest BCUT2D eigenvalue weighted by molar-refractivity contribution is -0.138. The van der Waals surface area contributed by atoms with Crippen LogP contribution in [-0.4, -0.2) is 44.8 Å². The molecule has 51 heavy (non-hydrogen) atoms. The lowest BCUT2D eigenvalue weighted by Crippen LogP contribution is -2.53. The highest BCUT2D eigenvalue weighted by Crippen LogP contribution is 2.64. The zero-order valence-corrected chi connectivity index (χ0v) is 27.3. The maximum Gasteiger partial charge on any atom is 0.335 e. The van der Waals surface area contributed by atoms with E-state index >= 15 is 9.18 Å². The molecular formula is C40H32FN3O7. The predicted octanol–water partition coefficient (Wildman–Crippen LogP) is 5.73. The highest BCUT2D eigenvalue weighted by Gasteiger charge is 2.70. The number of carbonyl (C=O) groups is 5. The molecule has 3 N–H and O–H groups in total. The number of hydrazine groups is 1. The van der Waals surface area contributed by atoms with E-state index in [1.165, 1.54) is 36.4 Å². The number of aromatic hydroxyl groups is 1. The van der Waals surface area contributed by atoms with Gasteiger partial charge in [0.15, 0.2) is 11.6 Å². The standard InChI is InChI=1S/C40H32FN3O7/c1-21-10-13-25(14-11-21)42-44-36(47)30-20-29-27(15-16-28-33(29)37(48)43(35(28)46)26-9-5-6-23(18-26)38(49)50)34(22-12-17-32(45)31(41)19-22)40(30,39(44)51)24-7-3-2-4-8-24/h2-15,17-19,28-30,33-34,42,45H,16,20H2,1H3,(H,49,50). The second-order valence-corrected chi connectivity index (χ2v) is 13.7. The van der Waals surface area contributed by atoms with E-state index < -0.39 is 76.2 Å². The van der Waals surface area contributed by atoms with Gasteiger partial charge in [0.05, 0.1) is 40.1 Å². The average molecular weight is 686 g/mol. The van der Waals surface area contributed by atoms with E-state index in [4.69, 9.17) is 0 Å². The number of carbonyl (C=O) groups excluding carboxylic acids is 4. The minimum absolute atomic E-state index is 0.0393. The first-order valence-corrected chi connectivity index (χ1v) is 16.7. The van der Waals surface area contributed by atoms with Gasteiger partial charge >= 0.3 is 5.97 Å². The van der Waals surface area contributed by atoms with Crippen LogP contribution in [0.5, 0.6) is 5.75 Å². The SMILES string of the molecule is Cc1ccc(NN2C(=O)C3CC4C(=CCC5C(=O)N(c6cccc(C(=O)O)c6)C(=O)C54)C(c4ccc(O)c(F)c4)C3(c3ccccc3)C2=O)cc1. The van der Waals surface area contributed by atoms with E-state index in [1.54, 1.807) is 42.5 Å². The number of anilines is 2. The van der Waals surface area contributed by atoms with Crippen molar-refractivity contribution in [2.24, 2.45) is 23.7 Å². The fourth-order valence-electron chi connectivity index (χ4n) is 8.86. The van der Waals surface area contributed by atoms with Gasteiger partial charge in [0.2, 0.25) is 11.8 Å². The van der Waals surface area contributed by atoms with Gasteiger partial charge in [0.1, 0.15) is 0 Å². The number of fused-ring (bicyclic) bond motifs is 4. The number of aryl methyl sites for hydroxylation is 1. The highest BCUT2D eigenvalue weighted by atomic mass is 19.1. The highest BCUT2D eigenvalue weighted by molar-refractivity contribution is 6.23. The summed E-state index contributed by atoms with van der Waals surface area (Å²) in [6, 6.07) is 25.6. The normalized spacial score (nSPS) is 26.8. The largest absolute Gasteiger partial charge is 0.505 e. The van der Waals surface area contributed by atoms with Crippen LogP contribution in [-0.2, 0) is 24.6 Å². The summed E-state index contributed by atoms with van der Waals surface area (Å²) >= 11 is 0. The van der Waals surface area contributed by atoms with Crippen molar-refractivity contribution in [3.05, 3.63) is 137 Å². The average Bonchev–Trinajstić information content (AvgIpc) is 3.51. The number of imide groups is 2. The molecule has 2 aliphatic carbocycles. The molecule has 2 heterocycles. The van der Waals surface area contributed by atoms with Crippen LogP contribution in [0.2, 0.25) is 0 Å². The lowest BCUT2D eigenvalue weighted by atomic mass is 9.49. The van der Waals surface area contributed by atoms with Crippen molar-refractivity contribution in [3.63, 3.8) is 0 Å². The fraction of sp³-hybridized carbons (Fsp3) is 0.225. The van der Waals surface area contributed by atoms with Crippen molar-refractivity contribution in [1.82, 2.24) is 5.01 Å². The number of amides is 4. The Hall–Kier alpha value is -6.10. The number of halogens is 1. The molecule has 6 unspecified atom stereocenters. The number of benzene rings is 4. The Labute approximate surface area is 291 Å². The second kappa shape index (κ2) is 11.8. The fourth-order valence-corrected chi connectivity index (χ4v) is 8.86. The number of nitrogens with zero attached hydrogens (tertiary/aromatic N) is 2. The monoisotopic (exact) mass is 685 g/mol. The summed E-state index contributed by atoms with van der Waals surface area (Å²) in [6.45, 7) is 1.91. The zero-order valence-electron chi connectivity index (χ0n) is 27.3. The van der Waals surface area contributed by atoms with Gasteiger partial charge in [-0.25, -0.2) is 9.18 Å². The molecule has 4 amide bonds. The van der Waals surface area contributed by atoms with Gasteiger partial charge in [-0.2, -0.15) is 5.01 Å². The molecule has 4 aromatic rings. The first-order chi connectivity index (χ1) is 24.5. The van der Waals surface area contributed by atoms with Crippen LogP contribution in [0.3, 0.4) is 0 Å². The first-order valence-electron chi connectivity index (χ1n) is 16.7. The number of hydrogen-bond acceptors (Lipinski definition) is 7. The smallest absolute Gasteiger partial charge is 0.335 e. The number of carboxylic acid groups (broad SMARTS) is 1. The summed E-state index contributed by atoms with van der Waals surface area (Å²) in [5.74, 6) is -9.22. The Morgan fingerprint density at radius 3 is 2.31 bits per heavy atom. The van der Waals surface area contributed by atoms with Crippen LogP contribution in [0.15, 0.2) is 109 Å². The predicted molar refractivity (Wildman–Crippen MR) is 183 cm³/mol. The summed E-state index contributed by atoms with van der Waals surface area (Å²) in [4.78, 5) is 71.0. The molecule has 6 atom stereocenters. The Morgan fingerprint density at radius 1 is 0.863 bits per heavy atom. The third-order valence-corrected chi connectivity index (χ3v) is 11.0. The molecule has 0 aromatic heterocycles. The van der Waals surface area contributed by atoms with Gasteiger partial charge in [-0.3, -0.25) is 29.5 Å². The number of carboxylic acids is 1. The molecular weight excluding hydrogens is 653 g/mol. The molecule has 3 fully saturated rings. The number of phenolic OH excluding ortho intramolecular Hbond substituents is 1. The van der Waals surface area contributed by atoms with E-state index in [-0.39, 0.29) is 24.1 Å². The van der Waals surface area contributed by atoms with Gasteiger partial charge in [-0.1, -0.05) is 71.8 Å². The van der Waals surface area contributed by atoms with Crippen LogP contribution in [0.25, 0.3) is 0 Å². The number of nitrogens with one attached hydrogen (secondary N) is 1. The number of allylic oxidation sites excluding steroid dienone is 2. The molecule has 4 aromatic carbocycles. The van der Waals surface area contributed by atoms with Crippen molar-refractivity contribution < 1.29 is 38.6 Å². The summed E-state index contributed by atoms with van der Waals surface area (Å²) < 4.78 is 15.3. The van der Waals surface area contributed by atoms with E-state index in [1.807, 2.05) is 25.1 Å². The van der Waals surface area contributed by atoms with Crippen LogP contribution >= 0.6 is 0 Å². The third-order valence-electron chi connectivity index (χ3n) is 11.0. The van der Waals surface area contributed by atoms with Gasteiger partial charge in [-0.15, -0.1) is 0 Å². The summed E-state index contributed by atoms with van der Waals surface area (Å²) in [6.07, 6.45) is 2.02. The first kappa shape index (κ1) is 32.1. The molecule has 4 aliphatic rings. The molecule has 10 nitrogen and oxygen atoms in total. The Morgan fingerprint density at radius 2 is 1.61 bits per heavy atom. The van der Waals surface area contributed by atoms with Crippen LogP contribution < -0.4 is 10.3 Å². The molecule has 0 bridgehead atoms. The van der Waals surface area contributed by atoms with E-state index in [9.17, 15) is 29.4 Å². The third kappa shape index (κ3) is 4.71. The van der Waals surface area contributed by atoms with Crippen LogP contribution in [0, 0.1) is 36.4 Å². The van der Waals surface area contributed by atoms with E-state index in [0.717, 1.165) is 21.5 Å². The van der Waals surface area contributed by atoms with Crippen molar-refractivity contribution >= 4 is 41.0 Å². The Balaban J connectivity index is 1.31. The second-order valence-electron chi connectivity index (χ2n) is 13.7. The Bertz CT molecular complexity index is 2190. The van der Waals surface area contributed by atoms with Crippen molar-refractivity contribution in [2.45, 2.75) is 31.1 Å². The maximum absolute atomic E-state index is 15.3. The summed E-state index contributed by atoms with van der Waals surface area (Å²) in [7, 11) is 0. The molecule has 2 aliphatic heterocycles. The zero-order chi connectivity index (χ0) is 35.8. The van der Waals surface area contributed by atoms with Gasteiger partial charge < -0.3 is 10.2 Å². The molecule has 11 heteroatoms. The maximum atomic E-state index is 15.3. The molecule has 0 spiro atoms. The summed E-state index contributed by atoms with van der Waals surface area (Å²) in [5.41, 5.74) is 4.45. The van der Waals surface area contributed by atoms with Crippen LogP contribution in [0.4, 0.5) is 15.8 Å². The Kier molecular flexibility index (Phi) is 7.41. The van der Waals surface area contributed by atoms with Crippen molar-refractivity contribution in [3.8, 4) is 5.75 Å². The van der Waals surface area contributed by atoms with Gasteiger partial charge in [0.25, 0.3) is 11.8 Å². The molecule has 8 rings (SSSR count). The molecule has 0 radical (unpaired) electrons. The molecule has 1 saturated carbocycles. The lowest BCUT2D eigenvalue weighted by Gasteiger charge is -2.50.